The van der Waals surface area contributed by atoms with Crippen molar-refractivity contribution in [3.05, 3.63) is 0 Å². The molecule has 1 heterocycles. The number of piperidine rings is 1. The summed E-state index contributed by atoms with van der Waals surface area (Å²) in [6, 6.07) is 0.531. The van der Waals surface area contributed by atoms with Crippen LogP contribution in [0.3, 0.4) is 0 Å². The average molecular weight is 307 g/mol. The highest BCUT2D eigenvalue weighted by molar-refractivity contribution is 7.90. The van der Waals surface area contributed by atoms with E-state index in [9.17, 15) is 4.55 Å². The predicted octanol–water partition coefficient (Wildman–Crippen LogP) is 2.55. The summed E-state index contributed by atoms with van der Waals surface area (Å²) in [7, 11) is 0. The van der Waals surface area contributed by atoms with Crippen LogP contribution >= 0.6 is 11.6 Å². The Morgan fingerprint density at radius 3 is 2.47 bits per heavy atom. The van der Waals surface area contributed by atoms with Gasteiger partial charge in [-0.25, -0.2) is 0 Å². The van der Waals surface area contributed by atoms with Gasteiger partial charge in [0.25, 0.3) is 0 Å². The number of nitrogens with one attached hydrogen (secondary N) is 1. The molecule has 2 aliphatic rings. The summed E-state index contributed by atoms with van der Waals surface area (Å²) >= 11 is 4.91. The molecule has 19 heavy (non-hydrogen) atoms. The lowest BCUT2D eigenvalue weighted by atomic mass is 9.68. The minimum absolute atomic E-state index is 0.273. The molecule has 0 aromatic heterocycles. The maximum Gasteiger partial charge on any atom is 0.139 e. The molecule has 3 N–H and O–H groups in total. The maximum absolute atomic E-state index is 11.7. The summed E-state index contributed by atoms with van der Waals surface area (Å²) in [5.41, 5.74) is 0. The van der Waals surface area contributed by atoms with Crippen molar-refractivity contribution < 1.29 is 4.55 Å². The Kier molecular flexibility index (Phi) is 5.46. The van der Waals surface area contributed by atoms with Crippen LogP contribution in [-0.4, -0.2) is 27.3 Å². The number of nitrogens with two attached hydrogens (primary N) is 1. The molecule has 4 unspecified atom stereocenters. The van der Waals surface area contributed by atoms with Gasteiger partial charge >= 0.3 is 0 Å². The van der Waals surface area contributed by atoms with Crippen LogP contribution < -0.4 is 10.5 Å². The molecule has 2 rings (SSSR count). The Labute approximate surface area is 125 Å². The highest BCUT2D eigenvalue weighted by atomic mass is 35.5. The number of alkyl halides is 1. The van der Waals surface area contributed by atoms with Crippen LogP contribution in [0.15, 0.2) is 0 Å². The van der Waals surface area contributed by atoms with Crippen LogP contribution in [0.25, 0.3) is 0 Å². The van der Waals surface area contributed by atoms with E-state index in [2.05, 4.69) is 5.32 Å². The van der Waals surface area contributed by atoms with Crippen molar-refractivity contribution >= 4 is 23.0 Å². The first-order valence-electron chi connectivity index (χ1n) is 7.44. The van der Waals surface area contributed by atoms with Crippen LogP contribution in [0.2, 0.25) is 0 Å². The van der Waals surface area contributed by atoms with Crippen LogP contribution in [-0.2, 0) is 11.4 Å². The van der Waals surface area contributed by atoms with Crippen LogP contribution in [0.1, 0.15) is 52.4 Å². The van der Waals surface area contributed by atoms with Crippen molar-refractivity contribution in [1.29, 1.82) is 0 Å². The number of halogens is 1. The normalized spacial score (nSPS) is 32.7. The SMILES string of the molecule is CC(C)(CC(C1CCC1)C1CCC(Cl)CN1)[S+](N)[O-]. The van der Waals surface area contributed by atoms with Gasteiger partial charge in [0.05, 0.1) is 0 Å². The lowest BCUT2D eigenvalue weighted by molar-refractivity contribution is 0.128. The van der Waals surface area contributed by atoms with E-state index in [-0.39, 0.29) is 10.1 Å². The third-order valence-electron chi connectivity index (χ3n) is 4.94. The largest absolute Gasteiger partial charge is 0.598 e. The van der Waals surface area contributed by atoms with Gasteiger partial charge in [-0.3, -0.25) is 0 Å². The molecule has 3 nitrogen and oxygen atoms in total. The Hall–Kier alpha value is 0.520. The second-order valence-corrected chi connectivity index (χ2v) is 9.12. The first-order valence-corrected chi connectivity index (χ1v) is 9.09. The van der Waals surface area contributed by atoms with E-state index in [0.29, 0.717) is 12.0 Å². The quantitative estimate of drug-likeness (QED) is 0.606. The fraction of sp³-hybridized carbons (Fsp3) is 1.00. The van der Waals surface area contributed by atoms with Gasteiger partial charge in [-0.05, 0) is 38.5 Å². The topological polar surface area (TPSA) is 61.1 Å². The fourth-order valence-corrected chi connectivity index (χ4v) is 3.94. The minimum atomic E-state index is -1.26. The van der Waals surface area contributed by atoms with Gasteiger partial charge in [-0.15, -0.1) is 11.6 Å². The minimum Gasteiger partial charge on any atom is -0.598 e. The molecule has 4 atom stereocenters. The second-order valence-electron chi connectivity index (χ2n) is 6.81. The summed E-state index contributed by atoms with van der Waals surface area (Å²) in [5, 5.41) is 9.54. The molecule has 0 amide bonds. The molecule has 0 spiro atoms. The van der Waals surface area contributed by atoms with Crippen molar-refractivity contribution in [2.75, 3.05) is 6.54 Å². The molecular weight excluding hydrogens is 280 g/mol. The molecule has 1 saturated carbocycles. The summed E-state index contributed by atoms with van der Waals surface area (Å²) in [6.45, 7) is 4.96. The zero-order chi connectivity index (χ0) is 14.0. The number of rotatable bonds is 5. The molecule has 0 radical (unpaired) electrons. The van der Waals surface area contributed by atoms with Gasteiger partial charge in [0.2, 0.25) is 0 Å². The molecule has 1 aliphatic heterocycles. The fourth-order valence-electron chi connectivity index (χ4n) is 3.36. The standard InChI is InChI=1S/C14H27ClN2OS/c1-14(2,19(16)18)8-12(10-4-3-5-10)13-7-6-11(15)9-17-13/h10-13,17H,3-9,16H2,1-2H3. The van der Waals surface area contributed by atoms with E-state index in [1.165, 1.54) is 19.3 Å². The first kappa shape index (κ1) is 15.9. The molecule has 2 fully saturated rings. The first-order chi connectivity index (χ1) is 8.90. The number of hydrogen-bond donors (Lipinski definition) is 2. The average Bonchev–Trinajstić information content (AvgIpc) is 2.26. The lowest BCUT2D eigenvalue weighted by Gasteiger charge is -2.44. The molecule has 5 heteroatoms. The van der Waals surface area contributed by atoms with Crippen LogP contribution in [0.5, 0.6) is 0 Å². The van der Waals surface area contributed by atoms with E-state index in [4.69, 9.17) is 16.7 Å². The molecular formula is C14H27ClN2OS. The summed E-state index contributed by atoms with van der Waals surface area (Å²) < 4.78 is 11.4. The zero-order valence-corrected chi connectivity index (χ0v) is 13.6. The van der Waals surface area contributed by atoms with E-state index in [1.54, 1.807) is 0 Å². The van der Waals surface area contributed by atoms with E-state index >= 15 is 0 Å². The number of hydrogen-bond acceptors (Lipinski definition) is 3. The highest BCUT2D eigenvalue weighted by Crippen LogP contribution is 2.42. The molecule has 1 aliphatic carbocycles. The molecule has 112 valence electrons. The van der Waals surface area contributed by atoms with Crippen molar-refractivity contribution in [3.8, 4) is 0 Å². The highest BCUT2D eigenvalue weighted by Gasteiger charge is 2.42. The zero-order valence-electron chi connectivity index (χ0n) is 12.0. The van der Waals surface area contributed by atoms with Crippen LogP contribution in [0, 0.1) is 11.8 Å². The maximum atomic E-state index is 11.7. The molecule has 0 aromatic carbocycles. The third kappa shape index (κ3) is 4.01. The Morgan fingerprint density at radius 2 is 2.05 bits per heavy atom. The smallest absolute Gasteiger partial charge is 0.139 e. The van der Waals surface area contributed by atoms with Gasteiger partial charge < -0.3 is 9.87 Å². The summed E-state index contributed by atoms with van der Waals surface area (Å²) in [4.78, 5) is 0. The van der Waals surface area contributed by atoms with Gasteiger partial charge in [0.1, 0.15) is 4.75 Å². The monoisotopic (exact) mass is 306 g/mol. The van der Waals surface area contributed by atoms with Crippen molar-refractivity contribution in [1.82, 2.24) is 5.32 Å². The second kappa shape index (κ2) is 6.52. The molecule has 0 aromatic rings. The van der Waals surface area contributed by atoms with Crippen molar-refractivity contribution in [2.24, 2.45) is 17.0 Å². The van der Waals surface area contributed by atoms with Gasteiger partial charge in [0, 0.05) is 35.7 Å². The predicted molar refractivity (Wildman–Crippen MR) is 82.5 cm³/mol. The van der Waals surface area contributed by atoms with E-state index < -0.39 is 11.4 Å². The lowest BCUT2D eigenvalue weighted by Crippen LogP contribution is -2.51. The summed E-state index contributed by atoms with van der Waals surface area (Å²) in [6.07, 6.45) is 7.17. The van der Waals surface area contributed by atoms with Crippen molar-refractivity contribution in [3.63, 3.8) is 0 Å². The Morgan fingerprint density at radius 1 is 1.37 bits per heavy atom. The molecule has 0 bridgehead atoms. The van der Waals surface area contributed by atoms with Crippen LogP contribution in [0.4, 0.5) is 0 Å². The van der Waals surface area contributed by atoms with Gasteiger partial charge in [0.15, 0.2) is 0 Å². The van der Waals surface area contributed by atoms with Gasteiger partial charge in [-0.1, -0.05) is 19.3 Å². The molecule has 1 saturated heterocycles. The van der Waals surface area contributed by atoms with Crippen molar-refractivity contribution in [2.45, 2.75) is 68.5 Å². The third-order valence-corrected chi connectivity index (χ3v) is 6.56. The van der Waals surface area contributed by atoms with E-state index in [1.807, 2.05) is 13.8 Å². The summed E-state index contributed by atoms with van der Waals surface area (Å²) in [5.74, 6) is 1.38. The Bertz CT molecular complexity index is 289. The van der Waals surface area contributed by atoms with Gasteiger partial charge in [-0.2, -0.15) is 5.14 Å². The Balaban J connectivity index is 1.99. The van der Waals surface area contributed by atoms with E-state index in [0.717, 1.165) is 31.7 Å².